The highest BCUT2D eigenvalue weighted by molar-refractivity contribution is 6.33. The van der Waals surface area contributed by atoms with Crippen LogP contribution in [0.4, 0.5) is 0 Å². The van der Waals surface area contributed by atoms with E-state index in [1.807, 2.05) is 18.2 Å². The van der Waals surface area contributed by atoms with Gasteiger partial charge in [-0.15, -0.1) is 0 Å². The molecule has 1 heterocycles. The Morgan fingerprint density at radius 3 is 2.79 bits per heavy atom. The predicted molar refractivity (Wildman–Crippen MR) is 52.9 cm³/mol. The lowest BCUT2D eigenvalue weighted by Gasteiger charge is -1.96. The van der Waals surface area contributed by atoms with Gasteiger partial charge >= 0.3 is 0 Å². The first kappa shape index (κ1) is 9.24. The van der Waals surface area contributed by atoms with Crippen LogP contribution in [0, 0.1) is 0 Å². The third kappa shape index (κ3) is 1.64. The van der Waals surface area contributed by atoms with Crippen molar-refractivity contribution in [3.05, 3.63) is 41.1 Å². The molecule has 0 radical (unpaired) electrons. The molecule has 1 aromatic carbocycles. The first-order valence-corrected chi connectivity index (χ1v) is 4.50. The number of nitrogens with zero attached hydrogens (tertiary/aromatic N) is 1. The molecule has 4 heteroatoms. The maximum absolute atomic E-state index is 8.80. The lowest BCUT2D eigenvalue weighted by atomic mass is 10.1. The topological polar surface area (TPSA) is 46.3 Å². The number of aromatic nitrogens is 1. The van der Waals surface area contributed by atoms with Gasteiger partial charge in [0.25, 0.3) is 0 Å². The van der Waals surface area contributed by atoms with Crippen molar-refractivity contribution in [3.63, 3.8) is 0 Å². The normalized spacial score (nSPS) is 10.4. The van der Waals surface area contributed by atoms with Crippen molar-refractivity contribution in [2.75, 3.05) is 0 Å². The average Bonchev–Trinajstić information content (AvgIpc) is 2.67. The molecule has 2 rings (SSSR count). The highest BCUT2D eigenvalue weighted by atomic mass is 35.5. The molecule has 3 nitrogen and oxygen atoms in total. The standard InChI is InChI=1S/C10H8ClNO2/c11-9-4-2-1-3-8(9)10-5-7(6-13)14-12-10/h1-5,13H,6H2. The molecule has 2 aromatic rings. The second kappa shape index (κ2) is 3.82. The van der Waals surface area contributed by atoms with Crippen molar-refractivity contribution in [1.29, 1.82) is 0 Å². The van der Waals surface area contributed by atoms with Crippen LogP contribution in [0.15, 0.2) is 34.9 Å². The Balaban J connectivity index is 2.44. The SMILES string of the molecule is OCc1cc(-c2ccccc2Cl)no1. The summed E-state index contributed by atoms with van der Waals surface area (Å²) in [5.41, 5.74) is 1.44. The van der Waals surface area contributed by atoms with E-state index >= 15 is 0 Å². The summed E-state index contributed by atoms with van der Waals surface area (Å²) in [6, 6.07) is 9.01. The second-order valence-corrected chi connectivity index (χ2v) is 3.22. The predicted octanol–water partition coefficient (Wildman–Crippen LogP) is 2.49. The summed E-state index contributed by atoms with van der Waals surface area (Å²) in [5.74, 6) is 0.430. The molecule has 0 atom stereocenters. The van der Waals surface area contributed by atoms with Crippen LogP contribution in [-0.4, -0.2) is 10.3 Å². The lowest BCUT2D eigenvalue weighted by Crippen LogP contribution is -1.77. The quantitative estimate of drug-likeness (QED) is 0.827. The monoisotopic (exact) mass is 209 g/mol. The number of hydrogen-bond donors (Lipinski definition) is 1. The maximum Gasteiger partial charge on any atom is 0.162 e. The van der Waals surface area contributed by atoms with Gasteiger partial charge in [0, 0.05) is 11.6 Å². The smallest absolute Gasteiger partial charge is 0.162 e. The first-order valence-electron chi connectivity index (χ1n) is 4.12. The molecule has 1 aromatic heterocycles. The molecule has 0 aliphatic rings. The van der Waals surface area contributed by atoms with E-state index in [1.165, 1.54) is 0 Å². The fourth-order valence-electron chi connectivity index (χ4n) is 1.18. The Morgan fingerprint density at radius 1 is 1.36 bits per heavy atom. The Hall–Kier alpha value is -1.32. The molecule has 14 heavy (non-hydrogen) atoms. The highest BCUT2D eigenvalue weighted by Gasteiger charge is 2.08. The highest BCUT2D eigenvalue weighted by Crippen LogP contribution is 2.26. The van der Waals surface area contributed by atoms with Crippen LogP contribution in [0.25, 0.3) is 11.3 Å². The fraction of sp³-hybridized carbons (Fsp3) is 0.100. The summed E-state index contributed by atoms with van der Waals surface area (Å²) in [6.45, 7) is -0.155. The number of aliphatic hydroxyl groups excluding tert-OH is 1. The van der Waals surface area contributed by atoms with Crippen LogP contribution in [0.5, 0.6) is 0 Å². The summed E-state index contributed by atoms with van der Waals surface area (Å²) in [5, 5.41) is 13.2. The number of rotatable bonds is 2. The van der Waals surface area contributed by atoms with Crippen LogP contribution in [-0.2, 0) is 6.61 Å². The van der Waals surface area contributed by atoms with Crippen molar-refractivity contribution in [2.45, 2.75) is 6.61 Å². The minimum Gasteiger partial charge on any atom is -0.388 e. The van der Waals surface area contributed by atoms with Crippen molar-refractivity contribution in [3.8, 4) is 11.3 Å². The van der Waals surface area contributed by atoms with Crippen LogP contribution in [0.3, 0.4) is 0 Å². The molecule has 0 bridgehead atoms. The molecule has 0 saturated heterocycles. The summed E-state index contributed by atoms with van der Waals surface area (Å²) in [6.07, 6.45) is 0. The minimum absolute atomic E-state index is 0.155. The zero-order valence-electron chi connectivity index (χ0n) is 7.27. The third-order valence-corrected chi connectivity index (χ3v) is 2.19. The third-order valence-electron chi connectivity index (χ3n) is 1.86. The molecular formula is C10H8ClNO2. The van der Waals surface area contributed by atoms with Gasteiger partial charge in [0.15, 0.2) is 5.76 Å². The van der Waals surface area contributed by atoms with Gasteiger partial charge in [0.1, 0.15) is 12.3 Å². The summed E-state index contributed by atoms with van der Waals surface area (Å²) in [4.78, 5) is 0. The maximum atomic E-state index is 8.80. The zero-order chi connectivity index (χ0) is 9.97. The van der Waals surface area contributed by atoms with Gasteiger partial charge in [0.05, 0.1) is 5.02 Å². The van der Waals surface area contributed by atoms with E-state index in [2.05, 4.69) is 5.16 Å². The van der Waals surface area contributed by atoms with Crippen molar-refractivity contribution in [1.82, 2.24) is 5.16 Å². The van der Waals surface area contributed by atoms with E-state index < -0.39 is 0 Å². The lowest BCUT2D eigenvalue weighted by molar-refractivity contribution is 0.229. The van der Waals surface area contributed by atoms with Gasteiger partial charge in [-0.05, 0) is 6.07 Å². The summed E-state index contributed by atoms with van der Waals surface area (Å²) < 4.78 is 4.86. The molecule has 0 spiro atoms. The van der Waals surface area contributed by atoms with Gasteiger partial charge in [-0.3, -0.25) is 0 Å². The fourth-order valence-corrected chi connectivity index (χ4v) is 1.42. The van der Waals surface area contributed by atoms with E-state index in [1.54, 1.807) is 12.1 Å². The van der Waals surface area contributed by atoms with Gasteiger partial charge in [-0.1, -0.05) is 35.0 Å². The van der Waals surface area contributed by atoms with E-state index in [4.69, 9.17) is 21.2 Å². The van der Waals surface area contributed by atoms with Crippen LogP contribution in [0.1, 0.15) is 5.76 Å². The number of aliphatic hydroxyl groups is 1. The van der Waals surface area contributed by atoms with E-state index in [0.717, 1.165) is 5.56 Å². The molecular weight excluding hydrogens is 202 g/mol. The summed E-state index contributed by atoms with van der Waals surface area (Å²) >= 11 is 5.97. The molecule has 0 unspecified atom stereocenters. The van der Waals surface area contributed by atoms with Crippen LogP contribution >= 0.6 is 11.6 Å². The first-order chi connectivity index (χ1) is 6.81. The van der Waals surface area contributed by atoms with E-state index in [-0.39, 0.29) is 6.61 Å². The molecule has 0 amide bonds. The molecule has 72 valence electrons. The minimum atomic E-state index is -0.155. The molecule has 0 aliphatic carbocycles. The van der Waals surface area contributed by atoms with Crippen molar-refractivity contribution >= 4 is 11.6 Å². The average molecular weight is 210 g/mol. The number of benzene rings is 1. The molecule has 0 fully saturated rings. The molecule has 0 saturated carbocycles. The van der Waals surface area contributed by atoms with Crippen LogP contribution < -0.4 is 0 Å². The van der Waals surface area contributed by atoms with Crippen molar-refractivity contribution < 1.29 is 9.63 Å². The Kier molecular flexibility index (Phi) is 2.52. The van der Waals surface area contributed by atoms with Crippen LogP contribution in [0.2, 0.25) is 5.02 Å². The number of halogens is 1. The van der Waals surface area contributed by atoms with E-state index in [9.17, 15) is 0 Å². The van der Waals surface area contributed by atoms with E-state index in [0.29, 0.717) is 16.5 Å². The molecule has 1 N–H and O–H groups in total. The van der Waals surface area contributed by atoms with Gasteiger partial charge in [0.2, 0.25) is 0 Å². The van der Waals surface area contributed by atoms with Crippen molar-refractivity contribution in [2.24, 2.45) is 0 Å². The second-order valence-electron chi connectivity index (χ2n) is 2.82. The van der Waals surface area contributed by atoms with Gasteiger partial charge < -0.3 is 9.63 Å². The summed E-state index contributed by atoms with van der Waals surface area (Å²) in [7, 11) is 0. The Labute approximate surface area is 85.9 Å². The largest absolute Gasteiger partial charge is 0.388 e. The van der Waals surface area contributed by atoms with Gasteiger partial charge in [-0.2, -0.15) is 0 Å². The Bertz CT molecular complexity index is 439. The van der Waals surface area contributed by atoms with Gasteiger partial charge in [-0.25, -0.2) is 0 Å². The Morgan fingerprint density at radius 2 is 2.14 bits per heavy atom. The zero-order valence-corrected chi connectivity index (χ0v) is 8.03. The molecule has 0 aliphatic heterocycles. The number of hydrogen-bond acceptors (Lipinski definition) is 3.